The topological polar surface area (TPSA) is 38.5 Å². The molecule has 0 saturated carbocycles. The van der Waals surface area contributed by atoms with Crippen molar-refractivity contribution in [2.45, 2.75) is 13.0 Å². The van der Waals surface area contributed by atoms with Gasteiger partial charge in [-0.25, -0.2) is 0 Å². The molecule has 2 N–H and O–H groups in total. The van der Waals surface area contributed by atoms with Crippen LogP contribution in [0.3, 0.4) is 0 Å². The van der Waals surface area contributed by atoms with Gasteiger partial charge in [0.15, 0.2) is 0 Å². The minimum absolute atomic E-state index is 0.0543. The van der Waals surface area contributed by atoms with Crippen LogP contribution < -0.4 is 10.5 Å². The number of nitrogens with zero attached hydrogens (tertiary/aromatic N) is 1. The Morgan fingerprint density at radius 1 is 1.05 bits per heavy atom. The number of hydrogen-bond donors (Lipinski definition) is 1. The Bertz CT molecular complexity index is 562. The molecule has 0 radical (unpaired) electrons. The molecule has 21 heavy (non-hydrogen) atoms. The van der Waals surface area contributed by atoms with Crippen LogP contribution in [0.1, 0.15) is 18.5 Å². The van der Waals surface area contributed by atoms with Crippen LogP contribution in [0.15, 0.2) is 48.5 Å². The molecule has 2 aromatic carbocycles. The van der Waals surface area contributed by atoms with E-state index in [1.54, 1.807) is 0 Å². The van der Waals surface area contributed by atoms with Gasteiger partial charge in [0.05, 0.1) is 0 Å². The Balaban J connectivity index is 2.06. The molecule has 0 heterocycles. The first-order valence-corrected chi connectivity index (χ1v) is 7.30. The van der Waals surface area contributed by atoms with E-state index in [0.717, 1.165) is 17.9 Å². The van der Waals surface area contributed by atoms with E-state index in [2.05, 4.69) is 41.3 Å². The van der Waals surface area contributed by atoms with Gasteiger partial charge in [-0.05, 0) is 55.9 Å². The van der Waals surface area contributed by atoms with Crippen molar-refractivity contribution in [1.82, 2.24) is 4.90 Å². The van der Waals surface area contributed by atoms with Gasteiger partial charge >= 0.3 is 0 Å². The molecular formula is C18H24N2O. The first kappa shape index (κ1) is 15.5. The molecule has 0 fully saturated rings. The fourth-order valence-corrected chi connectivity index (χ4v) is 2.09. The van der Waals surface area contributed by atoms with E-state index in [-0.39, 0.29) is 6.04 Å². The van der Waals surface area contributed by atoms with Gasteiger partial charge in [0, 0.05) is 12.6 Å². The van der Waals surface area contributed by atoms with Crippen molar-refractivity contribution in [1.29, 1.82) is 0 Å². The quantitative estimate of drug-likeness (QED) is 0.884. The highest BCUT2D eigenvalue weighted by molar-refractivity contribution is 5.65. The lowest BCUT2D eigenvalue weighted by Gasteiger charge is -2.12. The third-order valence-electron chi connectivity index (χ3n) is 3.41. The maximum atomic E-state index is 5.94. The van der Waals surface area contributed by atoms with Crippen LogP contribution in [0, 0.1) is 0 Å². The molecule has 0 saturated heterocycles. The van der Waals surface area contributed by atoms with Crippen molar-refractivity contribution in [2.75, 3.05) is 27.2 Å². The molecule has 3 nitrogen and oxygen atoms in total. The minimum Gasteiger partial charge on any atom is -0.492 e. The van der Waals surface area contributed by atoms with Crippen molar-refractivity contribution < 1.29 is 4.74 Å². The van der Waals surface area contributed by atoms with Crippen molar-refractivity contribution in [3.05, 3.63) is 54.1 Å². The van der Waals surface area contributed by atoms with Gasteiger partial charge < -0.3 is 15.4 Å². The van der Waals surface area contributed by atoms with Gasteiger partial charge in [0.25, 0.3) is 0 Å². The van der Waals surface area contributed by atoms with Crippen LogP contribution >= 0.6 is 0 Å². The SMILES string of the molecule is CC(N)c1cccc(-c2ccc(OCCN(C)C)cc2)c1. The lowest BCUT2D eigenvalue weighted by molar-refractivity contribution is 0.261. The predicted octanol–water partition coefficient (Wildman–Crippen LogP) is 3.31. The highest BCUT2D eigenvalue weighted by atomic mass is 16.5. The van der Waals surface area contributed by atoms with Crippen LogP contribution in [0.2, 0.25) is 0 Å². The largest absolute Gasteiger partial charge is 0.492 e. The van der Waals surface area contributed by atoms with Gasteiger partial charge in [-0.3, -0.25) is 0 Å². The summed E-state index contributed by atoms with van der Waals surface area (Å²) in [4.78, 5) is 2.11. The van der Waals surface area contributed by atoms with E-state index < -0.39 is 0 Å². The molecule has 1 unspecified atom stereocenters. The molecule has 0 aliphatic carbocycles. The second-order valence-electron chi connectivity index (χ2n) is 5.59. The summed E-state index contributed by atoms with van der Waals surface area (Å²) in [6.45, 7) is 3.62. The predicted molar refractivity (Wildman–Crippen MR) is 88.5 cm³/mol. The smallest absolute Gasteiger partial charge is 0.119 e. The summed E-state index contributed by atoms with van der Waals surface area (Å²) in [6.07, 6.45) is 0. The Labute approximate surface area is 127 Å². The maximum absolute atomic E-state index is 5.94. The first-order chi connectivity index (χ1) is 10.1. The molecule has 2 aromatic rings. The summed E-state index contributed by atoms with van der Waals surface area (Å²) < 4.78 is 5.71. The highest BCUT2D eigenvalue weighted by Gasteiger charge is 2.03. The fourth-order valence-electron chi connectivity index (χ4n) is 2.09. The minimum atomic E-state index is 0.0543. The van der Waals surface area contributed by atoms with Crippen LogP contribution in [-0.2, 0) is 0 Å². The summed E-state index contributed by atoms with van der Waals surface area (Å²) in [5.74, 6) is 0.906. The van der Waals surface area contributed by atoms with Crippen molar-refractivity contribution in [2.24, 2.45) is 5.73 Å². The van der Waals surface area contributed by atoms with Crippen LogP contribution in [-0.4, -0.2) is 32.1 Å². The summed E-state index contributed by atoms with van der Waals surface area (Å²) in [7, 11) is 4.08. The van der Waals surface area contributed by atoms with Gasteiger partial charge in [-0.2, -0.15) is 0 Å². The van der Waals surface area contributed by atoms with E-state index in [0.29, 0.717) is 6.61 Å². The van der Waals surface area contributed by atoms with Gasteiger partial charge in [0.1, 0.15) is 12.4 Å². The lowest BCUT2D eigenvalue weighted by Crippen LogP contribution is -2.19. The second-order valence-corrected chi connectivity index (χ2v) is 5.59. The van der Waals surface area contributed by atoms with Crippen molar-refractivity contribution in [3.8, 4) is 16.9 Å². The standard InChI is InChI=1S/C18H24N2O/c1-14(19)16-5-4-6-17(13-16)15-7-9-18(10-8-15)21-12-11-20(2)3/h4-10,13-14H,11-12,19H2,1-3H3. The number of nitrogens with two attached hydrogens (primary N) is 1. The number of likely N-dealkylation sites (N-methyl/N-ethyl adjacent to an activating group) is 1. The molecular weight excluding hydrogens is 260 g/mol. The van der Waals surface area contributed by atoms with Crippen molar-refractivity contribution >= 4 is 0 Å². The lowest BCUT2D eigenvalue weighted by atomic mass is 10.0. The third-order valence-corrected chi connectivity index (χ3v) is 3.41. The van der Waals surface area contributed by atoms with Crippen LogP contribution in [0.25, 0.3) is 11.1 Å². The maximum Gasteiger partial charge on any atom is 0.119 e. The molecule has 0 bridgehead atoms. The summed E-state index contributed by atoms with van der Waals surface area (Å²) in [6, 6.07) is 16.6. The van der Waals surface area contributed by atoms with E-state index in [9.17, 15) is 0 Å². The van der Waals surface area contributed by atoms with Crippen LogP contribution in [0.5, 0.6) is 5.75 Å². The normalized spacial score (nSPS) is 12.4. The monoisotopic (exact) mass is 284 g/mol. The zero-order chi connectivity index (χ0) is 15.2. The Morgan fingerprint density at radius 3 is 2.38 bits per heavy atom. The van der Waals surface area contributed by atoms with E-state index in [1.807, 2.05) is 33.2 Å². The molecule has 1 atom stereocenters. The Kier molecular flexibility index (Phi) is 5.37. The molecule has 3 heteroatoms. The second kappa shape index (κ2) is 7.25. The molecule has 0 spiro atoms. The number of hydrogen-bond acceptors (Lipinski definition) is 3. The van der Waals surface area contributed by atoms with Crippen LogP contribution in [0.4, 0.5) is 0 Å². The number of rotatable bonds is 6. The van der Waals surface area contributed by atoms with Gasteiger partial charge in [-0.1, -0.05) is 30.3 Å². The van der Waals surface area contributed by atoms with E-state index in [4.69, 9.17) is 10.5 Å². The summed E-state index contributed by atoms with van der Waals surface area (Å²) in [5.41, 5.74) is 9.45. The summed E-state index contributed by atoms with van der Waals surface area (Å²) >= 11 is 0. The number of benzene rings is 2. The fraction of sp³-hybridized carbons (Fsp3) is 0.333. The number of ether oxygens (including phenoxy) is 1. The molecule has 0 amide bonds. The molecule has 0 aliphatic rings. The van der Waals surface area contributed by atoms with E-state index >= 15 is 0 Å². The average Bonchev–Trinajstić information content (AvgIpc) is 2.48. The van der Waals surface area contributed by atoms with Gasteiger partial charge in [-0.15, -0.1) is 0 Å². The first-order valence-electron chi connectivity index (χ1n) is 7.30. The zero-order valence-corrected chi connectivity index (χ0v) is 13.0. The Hall–Kier alpha value is -1.84. The molecule has 0 aromatic heterocycles. The Morgan fingerprint density at radius 2 is 1.76 bits per heavy atom. The average molecular weight is 284 g/mol. The summed E-state index contributed by atoms with van der Waals surface area (Å²) in [5, 5.41) is 0. The van der Waals surface area contributed by atoms with Gasteiger partial charge in [0.2, 0.25) is 0 Å². The molecule has 2 rings (SSSR count). The van der Waals surface area contributed by atoms with E-state index in [1.165, 1.54) is 11.1 Å². The third kappa shape index (κ3) is 4.59. The highest BCUT2D eigenvalue weighted by Crippen LogP contribution is 2.24. The molecule has 112 valence electrons. The van der Waals surface area contributed by atoms with Crippen molar-refractivity contribution in [3.63, 3.8) is 0 Å². The molecule has 0 aliphatic heterocycles. The zero-order valence-electron chi connectivity index (χ0n) is 13.0.